The Morgan fingerprint density at radius 1 is 1.06 bits per heavy atom. The normalized spacial score (nSPS) is 13.9. The Morgan fingerprint density at radius 2 is 1.88 bits per heavy atom. The summed E-state index contributed by atoms with van der Waals surface area (Å²) in [5.41, 5.74) is 7.02. The largest absolute Gasteiger partial charge is 0.456 e. The molecule has 1 heterocycles. The molecule has 2 aromatic carbocycles. The van der Waals surface area contributed by atoms with Gasteiger partial charge in [0.05, 0.1) is 5.60 Å². The molecule has 2 nitrogen and oxygen atoms in total. The van der Waals surface area contributed by atoms with E-state index >= 15 is 0 Å². The maximum absolute atomic E-state index is 6.32. The summed E-state index contributed by atoms with van der Waals surface area (Å²) in [7, 11) is 1.95. The zero-order chi connectivity index (χ0) is 22.9. The topological polar surface area (TPSA) is 22.4 Å². The molecule has 1 aliphatic carbocycles. The maximum Gasteiger partial charge on any atom is 0.331 e. The second kappa shape index (κ2) is 8.79. The van der Waals surface area contributed by atoms with Gasteiger partial charge >= 0.3 is 7.48 Å². The van der Waals surface area contributed by atoms with Gasteiger partial charge in [-0.2, -0.15) is 0 Å². The van der Waals surface area contributed by atoms with Crippen molar-refractivity contribution in [1.29, 1.82) is 0 Å². The van der Waals surface area contributed by atoms with E-state index in [1.807, 2.05) is 13.6 Å². The van der Waals surface area contributed by atoms with E-state index in [0.29, 0.717) is 0 Å². The number of allylic oxidation sites excluding steroid dienone is 3. The van der Waals surface area contributed by atoms with Gasteiger partial charge in [-0.15, -0.1) is 0 Å². The van der Waals surface area contributed by atoms with Crippen LogP contribution in [0.2, 0.25) is 0 Å². The van der Waals surface area contributed by atoms with E-state index < -0.39 is 0 Å². The maximum atomic E-state index is 6.32. The third-order valence-electron chi connectivity index (χ3n) is 6.88. The van der Waals surface area contributed by atoms with Gasteiger partial charge in [0, 0.05) is 17.4 Å². The van der Waals surface area contributed by atoms with E-state index in [0.717, 1.165) is 35.0 Å². The Labute approximate surface area is 193 Å². The minimum Gasteiger partial charge on any atom is -0.456 e. The number of rotatable bonds is 7. The van der Waals surface area contributed by atoms with Crippen molar-refractivity contribution in [3.8, 4) is 11.1 Å². The molecule has 0 aliphatic heterocycles. The van der Waals surface area contributed by atoms with Crippen molar-refractivity contribution in [3.63, 3.8) is 0 Å². The van der Waals surface area contributed by atoms with Crippen LogP contribution in [-0.2, 0) is 11.1 Å². The van der Waals surface area contributed by atoms with Gasteiger partial charge in [-0.3, -0.25) is 0 Å². The Balaban J connectivity index is 1.64. The minimum absolute atomic E-state index is 0.0370. The molecule has 0 spiro atoms. The summed E-state index contributed by atoms with van der Waals surface area (Å²) in [6.07, 6.45) is 11.5. The van der Waals surface area contributed by atoms with Crippen LogP contribution < -0.4 is 5.46 Å². The van der Waals surface area contributed by atoms with E-state index in [2.05, 4.69) is 96.2 Å². The summed E-state index contributed by atoms with van der Waals surface area (Å²) < 4.78 is 12.6. The van der Waals surface area contributed by atoms with E-state index in [1.165, 1.54) is 28.7 Å². The summed E-state index contributed by atoms with van der Waals surface area (Å²) in [5.74, 6) is 0.896. The van der Waals surface area contributed by atoms with Gasteiger partial charge in [0.2, 0.25) is 0 Å². The summed E-state index contributed by atoms with van der Waals surface area (Å²) >= 11 is 0. The SMILES string of the molecule is CCC/C=C\C=C\c1cc2ccc3c(c2o1)Cc1cccc([B]OC(C)(C)C(C)(C)C)c1-3. The van der Waals surface area contributed by atoms with E-state index in [1.54, 1.807) is 0 Å². The number of fused-ring (bicyclic) bond motifs is 5. The van der Waals surface area contributed by atoms with Gasteiger partial charge < -0.3 is 9.07 Å². The molecule has 1 aromatic heterocycles. The molecule has 3 heteroatoms. The van der Waals surface area contributed by atoms with Crippen molar-refractivity contribution in [2.45, 2.75) is 66.4 Å². The summed E-state index contributed by atoms with van der Waals surface area (Å²) in [6, 6.07) is 13.0. The first-order valence-electron chi connectivity index (χ1n) is 11.7. The fraction of sp³-hybridized carbons (Fsp3) is 0.379. The highest BCUT2D eigenvalue weighted by atomic mass is 16.5. The van der Waals surface area contributed by atoms with Gasteiger partial charge in [-0.1, -0.05) is 82.7 Å². The lowest BCUT2D eigenvalue weighted by Gasteiger charge is -2.39. The van der Waals surface area contributed by atoms with Crippen LogP contribution in [0.3, 0.4) is 0 Å². The number of hydrogen-bond acceptors (Lipinski definition) is 2. The molecule has 0 saturated heterocycles. The first-order chi connectivity index (χ1) is 15.2. The molecule has 32 heavy (non-hydrogen) atoms. The van der Waals surface area contributed by atoms with Gasteiger partial charge in [0.25, 0.3) is 0 Å². The van der Waals surface area contributed by atoms with Crippen molar-refractivity contribution < 1.29 is 9.07 Å². The number of unbranched alkanes of at least 4 members (excludes halogenated alkanes) is 1. The lowest BCUT2D eigenvalue weighted by atomic mass is 9.75. The van der Waals surface area contributed by atoms with Crippen LogP contribution in [0, 0.1) is 5.41 Å². The first-order valence-corrected chi connectivity index (χ1v) is 11.7. The van der Waals surface area contributed by atoms with Crippen LogP contribution in [0.15, 0.2) is 59.0 Å². The predicted molar refractivity (Wildman–Crippen MR) is 138 cm³/mol. The fourth-order valence-electron chi connectivity index (χ4n) is 3.94. The average Bonchev–Trinajstić information content (AvgIpc) is 3.32. The summed E-state index contributed by atoms with van der Waals surface area (Å²) in [4.78, 5) is 0. The Kier molecular flexibility index (Phi) is 6.23. The Hall–Kier alpha value is -2.52. The van der Waals surface area contributed by atoms with Crippen LogP contribution in [0.4, 0.5) is 0 Å². The third-order valence-corrected chi connectivity index (χ3v) is 6.88. The molecule has 0 atom stereocenters. The second-order valence-electron chi connectivity index (χ2n) is 10.3. The molecule has 3 aromatic rings. The molecule has 0 unspecified atom stereocenters. The van der Waals surface area contributed by atoms with E-state index in [4.69, 9.17) is 9.07 Å². The summed E-state index contributed by atoms with van der Waals surface area (Å²) in [5, 5.41) is 1.16. The highest BCUT2D eigenvalue weighted by molar-refractivity contribution is 6.50. The van der Waals surface area contributed by atoms with Gasteiger partial charge in [0.1, 0.15) is 11.3 Å². The number of hydrogen-bond donors (Lipinski definition) is 0. The lowest BCUT2D eigenvalue weighted by Crippen LogP contribution is -2.42. The Morgan fingerprint density at radius 3 is 2.62 bits per heavy atom. The highest BCUT2D eigenvalue weighted by Gasteiger charge is 2.34. The van der Waals surface area contributed by atoms with Crippen molar-refractivity contribution >= 4 is 30.0 Å². The van der Waals surface area contributed by atoms with Crippen LogP contribution in [0.25, 0.3) is 28.2 Å². The zero-order valence-electron chi connectivity index (χ0n) is 20.3. The fourth-order valence-corrected chi connectivity index (χ4v) is 3.94. The van der Waals surface area contributed by atoms with Crippen LogP contribution >= 0.6 is 0 Å². The van der Waals surface area contributed by atoms with Crippen LogP contribution in [-0.4, -0.2) is 13.1 Å². The van der Waals surface area contributed by atoms with Crippen LogP contribution in [0.1, 0.15) is 71.3 Å². The predicted octanol–water partition coefficient (Wildman–Crippen LogP) is 7.46. The molecule has 0 bridgehead atoms. The first kappa shape index (κ1) is 22.7. The van der Waals surface area contributed by atoms with Crippen molar-refractivity contribution in [2.24, 2.45) is 5.41 Å². The third kappa shape index (κ3) is 4.36. The Bertz CT molecular complexity index is 1170. The molecule has 4 rings (SSSR count). The minimum atomic E-state index is -0.269. The molecule has 1 radical (unpaired) electrons. The molecule has 165 valence electrons. The molecule has 0 saturated carbocycles. The van der Waals surface area contributed by atoms with Gasteiger partial charge in [0.15, 0.2) is 0 Å². The standard InChI is InChI=1S/C29H34BO2/c1-7-8-9-10-11-14-22-18-21-16-17-23-24(27(21)31-22)19-20-13-12-15-25(26(20)23)30-32-29(5,6)28(2,3)4/h9-18H,7-8,19H2,1-6H3/b10-9-,14-11+. The van der Waals surface area contributed by atoms with Crippen molar-refractivity contribution in [3.05, 3.63) is 71.5 Å². The van der Waals surface area contributed by atoms with Crippen LogP contribution in [0.5, 0.6) is 0 Å². The number of benzene rings is 2. The van der Waals surface area contributed by atoms with E-state index in [9.17, 15) is 0 Å². The molecule has 0 amide bonds. The lowest BCUT2D eigenvalue weighted by molar-refractivity contribution is 0.00506. The average molecular weight is 425 g/mol. The zero-order valence-corrected chi connectivity index (χ0v) is 20.3. The second-order valence-corrected chi connectivity index (χ2v) is 10.3. The number of furan rings is 1. The van der Waals surface area contributed by atoms with E-state index in [-0.39, 0.29) is 11.0 Å². The molecule has 0 N–H and O–H groups in total. The quantitative estimate of drug-likeness (QED) is 0.227. The molecule has 0 fully saturated rings. The summed E-state index contributed by atoms with van der Waals surface area (Å²) in [6.45, 7) is 13.1. The monoisotopic (exact) mass is 425 g/mol. The van der Waals surface area contributed by atoms with Gasteiger partial charge in [-0.25, -0.2) is 0 Å². The van der Waals surface area contributed by atoms with Crippen molar-refractivity contribution in [2.75, 3.05) is 0 Å². The smallest absolute Gasteiger partial charge is 0.331 e. The molecular formula is C29H34BO2. The molecular weight excluding hydrogens is 391 g/mol. The van der Waals surface area contributed by atoms with Gasteiger partial charge in [-0.05, 0) is 60.0 Å². The van der Waals surface area contributed by atoms with Crippen molar-refractivity contribution in [1.82, 2.24) is 0 Å². The highest BCUT2D eigenvalue weighted by Crippen LogP contribution is 2.41. The molecule has 1 aliphatic rings.